The highest BCUT2D eigenvalue weighted by atomic mass is 127. The third kappa shape index (κ3) is 7.06. The number of rotatable bonds is 7. The zero-order valence-electron chi connectivity index (χ0n) is 14.1. The number of ether oxygens (including phenoxy) is 1. The Labute approximate surface area is 167 Å². The molecule has 0 radical (unpaired) electrons. The Morgan fingerprint density at radius 2 is 2.00 bits per heavy atom. The van der Waals surface area contributed by atoms with Gasteiger partial charge in [0.05, 0.1) is 0 Å². The predicted molar refractivity (Wildman–Crippen MR) is 105 cm³/mol. The molecule has 1 heterocycles. The van der Waals surface area contributed by atoms with Crippen LogP contribution in [0.2, 0.25) is 0 Å². The molecule has 0 amide bonds. The lowest BCUT2D eigenvalue weighted by Gasteiger charge is -2.15. The molecule has 0 saturated heterocycles. The molecule has 0 aliphatic carbocycles. The number of hydrogen-bond acceptors (Lipinski definition) is 3. The van der Waals surface area contributed by atoms with Gasteiger partial charge >= 0.3 is 6.61 Å². The molecule has 142 valence electrons. The second-order valence-corrected chi connectivity index (χ2v) is 5.02. The van der Waals surface area contributed by atoms with Crippen LogP contribution in [-0.2, 0) is 13.0 Å². The van der Waals surface area contributed by atoms with E-state index in [1.807, 2.05) is 18.2 Å². The number of pyridine rings is 1. The first-order valence-electron chi connectivity index (χ1n) is 7.66. The highest BCUT2D eigenvalue weighted by Gasteiger charge is 2.14. The first-order valence-corrected chi connectivity index (χ1v) is 7.66. The molecule has 0 aliphatic heterocycles. The Morgan fingerprint density at radius 3 is 2.65 bits per heavy atom. The van der Waals surface area contributed by atoms with E-state index < -0.39 is 12.4 Å². The van der Waals surface area contributed by atoms with Crippen molar-refractivity contribution in [2.24, 2.45) is 4.99 Å². The Morgan fingerprint density at radius 1 is 1.19 bits per heavy atom. The van der Waals surface area contributed by atoms with Crippen LogP contribution in [0.5, 0.6) is 5.75 Å². The molecule has 9 heteroatoms. The third-order valence-electron chi connectivity index (χ3n) is 3.35. The average Bonchev–Trinajstić information content (AvgIpc) is 2.60. The third-order valence-corrected chi connectivity index (χ3v) is 3.35. The standard InChI is InChI=1S/C17H19F3N4O.HI/c1-21-17(23-10-8-12-5-2-3-9-22-12)24-11-13-14(18)6-4-7-15(13)25-16(19)20;/h2-7,9,16H,8,10-11H2,1H3,(H2,21,23,24);1H. The highest BCUT2D eigenvalue weighted by molar-refractivity contribution is 14.0. The number of nitrogens with zero attached hydrogens (tertiary/aromatic N) is 2. The van der Waals surface area contributed by atoms with Crippen LogP contribution in [0.1, 0.15) is 11.3 Å². The first-order chi connectivity index (χ1) is 12.1. The zero-order valence-corrected chi connectivity index (χ0v) is 16.4. The molecule has 0 aliphatic rings. The Bertz CT molecular complexity index is 702. The molecule has 2 N–H and O–H groups in total. The number of aliphatic imine (C=N–C) groups is 1. The first kappa shape index (κ1) is 22.0. The number of benzene rings is 1. The van der Waals surface area contributed by atoms with Crippen LogP contribution in [0.15, 0.2) is 47.6 Å². The van der Waals surface area contributed by atoms with Gasteiger partial charge in [-0.25, -0.2) is 4.39 Å². The van der Waals surface area contributed by atoms with Gasteiger partial charge in [0.25, 0.3) is 0 Å². The van der Waals surface area contributed by atoms with Crippen LogP contribution in [0, 0.1) is 5.82 Å². The van der Waals surface area contributed by atoms with Gasteiger partial charge in [0.1, 0.15) is 11.6 Å². The molecule has 1 aromatic heterocycles. The maximum Gasteiger partial charge on any atom is 0.387 e. The number of halogens is 4. The quantitative estimate of drug-likeness (QED) is 0.363. The fraction of sp³-hybridized carbons (Fsp3) is 0.294. The van der Waals surface area contributed by atoms with Crippen LogP contribution in [-0.4, -0.2) is 31.1 Å². The highest BCUT2D eigenvalue weighted by Crippen LogP contribution is 2.23. The molecule has 2 aromatic rings. The van der Waals surface area contributed by atoms with Crippen LogP contribution in [0.4, 0.5) is 13.2 Å². The van der Waals surface area contributed by atoms with Crippen LogP contribution in [0.3, 0.4) is 0 Å². The summed E-state index contributed by atoms with van der Waals surface area (Å²) in [5.74, 6) is -0.414. The van der Waals surface area contributed by atoms with E-state index in [0.29, 0.717) is 18.9 Å². The van der Waals surface area contributed by atoms with Gasteiger partial charge in [-0.05, 0) is 24.3 Å². The minimum atomic E-state index is -3.02. The summed E-state index contributed by atoms with van der Waals surface area (Å²) in [4.78, 5) is 8.23. The number of guanidine groups is 1. The largest absolute Gasteiger partial charge is 0.434 e. The zero-order chi connectivity index (χ0) is 18.1. The topological polar surface area (TPSA) is 58.5 Å². The molecule has 0 spiro atoms. The van der Waals surface area contributed by atoms with E-state index in [4.69, 9.17) is 0 Å². The van der Waals surface area contributed by atoms with Gasteiger partial charge in [0, 0.05) is 44.0 Å². The van der Waals surface area contributed by atoms with Crippen molar-refractivity contribution in [2.75, 3.05) is 13.6 Å². The normalized spacial score (nSPS) is 11.0. The van der Waals surface area contributed by atoms with Crippen molar-refractivity contribution in [3.63, 3.8) is 0 Å². The van der Waals surface area contributed by atoms with Gasteiger partial charge < -0.3 is 15.4 Å². The maximum absolute atomic E-state index is 13.9. The number of hydrogen-bond donors (Lipinski definition) is 2. The van der Waals surface area contributed by atoms with Gasteiger partial charge in [-0.15, -0.1) is 24.0 Å². The molecular formula is C17H20F3IN4O. The van der Waals surface area contributed by atoms with Crippen LogP contribution < -0.4 is 15.4 Å². The monoisotopic (exact) mass is 480 g/mol. The van der Waals surface area contributed by atoms with Crippen molar-refractivity contribution >= 4 is 29.9 Å². The van der Waals surface area contributed by atoms with Gasteiger partial charge in [-0.1, -0.05) is 12.1 Å². The Kier molecular flexibility index (Phi) is 9.78. The molecular weight excluding hydrogens is 460 g/mol. The molecule has 1 aromatic carbocycles. The molecule has 26 heavy (non-hydrogen) atoms. The molecule has 0 atom stereocenters. The van der Waals surface area contributed by atoms with Gasteiger partial charge in [0.15, 0.2) is 5.96 Å². The van der Waals surface area contributed by atoms with E-state index in [1.54, 1.807) is 13.2 Å². The lowest BCUT2D eigenvalue weighted by atomic mass is 10.2. The van der Waals surface area contributed by atoms with E-state index >= 15 is 0 Å². The molecule has 0 fully saturated rings. The van der Waals surface area contributed by atoms with Crippen molar-refractivity contribution in [2.45, 2.75) is 19.6 Å². The van der Waals surface area contributed by atoms with Crippen LogP contribution >= 0.6 is 24.0 Å². The second kappa shape index (κ2) is 11.6. The van der Waals surface area contributed by atoms with Crippen molar-refractivity contribution in [3.05, 3.63) is 59.7 Å². The number of alkyl halides is 2. The van der Waals surface area contributed by atoms with Crippen LogP contribution in [0.25, 0.3) is 0 Å². The molecule has 0 unspecified atom stereocenters. The fourth-order valence-corrected chi connectivity index (χ4v) is 2.16. The Hall–Kier alpha value is -2.04. The summed E-state index contributed by atoms with van der Waals surface area (Å²) in [7, 11) is 1.56. The SMILES string of the molecule is CN=C(NCCc1ccccn1)NCc1c(F)cccc1OC(F)F.I. The lowest BCUT2D eigenvalue weighted by molar-refractivity contribution is -0.0506. The predicted octanol–water partition coefficient (Wildman–Crippen LogP) is 3.35. The molecule has 2 rings (SSSR count). The van der Waals surface area contributed by atoms with Gasteiger partial charge in [0.2, 0.25) is 0 Å². The maximum atomic E-state index is 13.9. The second-order valence-electron chi connectivity index (χ2n) is 5.02. The van der Waals surface area contributed by atoms with Crippen molar-refractivity contribution in [3.8, 4) is 5.75 Å². The smallest absolute Gasteiger partial charge is 0.387 e. The summed E-state index contributed by atoms with van der Waals surface area (Å²) in [6.45, 7) is -2.50. The Balaban J connectivity index is 0.00000338. The van der Waals surface area contributed by atoms with Gasteiger partial charge in [-0.2, -0.15) is 8.78 Å². The minimum Gasteiger partial charge on any atom is -0.434 e. The average molecular weight is 480 g/mol. The van der Waals surface area contributed by atoms with E-state index in [9.17, 15) is 13.2 Å². The van der Waals surface area contributed by atoms with Crippen molar-refractivity contribution in [1.29, 1.82) is 0 Å². The van der Waals surface area contributed by atoms with Crippen molar-refractivity contribution < 1.29 is 17.9 Å². The summed E-state index contributed by atoms with van der Waals surface area (Å²) in [5, 5.41) is 5.94. The molecule has 0 saturated carbocycles. The van der Waals surface area contributed by atoms with E-state index in [2.05, 4.69) is 25.3 Å². The number of aromatic nitrogens is 1. The van der Waals surface area contributed by atoms with E-state index in [1.165, 1.54) is 18.2 Å². The molecule has 0 bridgehead atoms. The van der Waals surface area contributed by atoms with Crippen molar-refractivity contribution in [1.82, 2.24) is 15.6 Å². The summed E-state index contributed by atoms with van der Waals surface area (Å²) in [6.07, 6.45) is 2.39. The number of nitrogens with one attached hydrogen (secondary N) is 2. The summed E-state index contributed by atoms with van der Waals surface area (Å²) in [6, 6.07) is 9.45. The lowest BCUT2D eigenvalue weighted by Crippen LogP contribution is -2.38. The summed E-state index contributed by atoms with van der Waals surface area (Å²) in [5.41, 5.74) is 0.933. The van der Waals surface area contributed by atoms with E-state index in [0.717, 1.165) is 5.69 Å². The molecule has 5 nitrogen and oxygen atoms in total. The van der Waals surface area contributed by atoms with E-state index in [-0.39, 0.29) is 41.8 Å². The summed E-state index contributed by atoms with van der Waals surface area (Å²) < 4.78 is 43.1. The van der Waals surface area contributed by atoms with Gasteiger partial charge in [-0.3, -0.25) is 9.98 Å². The minimum absolute atomic E-state index is 0. The fourth-order valence-electron chi connectivity index (χ4n) is 2.16. The summed E-state index contributed by atoms with van der Waals surface area (Å²) >= 11 is 0.